The molecule has 0 aliphatic carbocycles. The standard InChI is InChI=1S/C23H17ClN2O5/c1-13-2-5-15(22(28)29)10-18(13)20-9-8-17(31-20)11-19-21(27)26(23(30)25-19)12-14-3-6-16(24)7-4-14/h2-11H,12H2,1H3,(H,25,30)(H,28,29)/b19-11-. The first kappa shape index (κ1) is 20.4. The highest BCUT2D eigenvalue weighted by atomic mass is 35.5. The lowest BCUT2D eigenvalue weighted by molar-refractivity contribution is -0.123. The van der Waals surface area contributed by atoms with Gasteiger partial charge in [0, 0.05) is 16.7 Å². The summed E-state index contributed by atoms with van der Waals surface area (Å²) in [5.74, 6) is -0.688. The highest BCUT2D eigenvalue weighted by Crippen LogP contribution is 2.28. The van der Waals surface area contributed by atoms with Crippen molar-refractivity contribution in [3.8, 4) is 11.3 Å². The molecule has 1 aliphatic heterocycles. The Kier molecular flexibility index (Phi) is 5.35. The van der Waals surface area contributed by atoms with E-state index in [0.717, 1.165) is 16.0 Å². The van der Waals surface area contributed by atoms with Crippen LogP contribution in [0.15, 0.2) is 64.7 Å². The normalized spacial score (nSPS) is 14.9. The Balaban J connectivity index is 1.56. The zero-order valence-electron chi connectivity index (χ0n) is 16.4. The van der Waals surface area contributed by atoms with Crippen LogP contribution < -0.4 is 5.32 Å². The molecule has 1 aromatic heterocycles. The number of hydrogen-bond donors (Lipinski definition) is 2. The first-order valence-electron chi connectivity index (χ1n) is 9.35. The average Bonchev–Trinajstić information content (AvgIpc) is 3.30. The number of hydrogen-bond acceptors (Lipinski definition) is 4. The smallest absolute Gasteiger partial charge is 0.335 e. The van der Waals surface area contributed by atoms with Gasteiger partial charge in [-0.3, -0.25) is 9.69 Å². The number of benzene rings is 2. The first-order valence-corrected chi connectivity index (χ1v) is 9.73. The molecule has 0 saturated carbocycles. The van der Waals surface area contributed by atoms with Crippen LogP contribution in [0.4, 0.5) is 4.79 Å². The monoisotopic (exact) mass is 436 g/mol. The van der Waals surface area contributed by atoms with Crippen LogP contribution in [0, 0.1) is 6.92 Å². The van der Waals surface area contributed by atoms with Crippen molar-refractivity contribution < 1.29 is 23.9 Å². The molecule has 3 aromatic rings. The van der Waals surface area contributed by atoms with Crippen molar-refractivity contribution in [3.63, 3.8) is 0 Å². The summed E-state index contributed by atoms with van der Waals surface area (Å²) in [5.41, 5.74) is 2.49. The number of halogens is 1. The highest BCUT2D eigenvalue weighted by molar-refractivity contribution is 6.30. The number of nitrogens with zero attached hydrogens (tertiary/aromatic N) is 1. The minimum Gasteiger partial charge on any atom is -0.478 e. The van der Waals surface area contributed by atoms with Crippen LogP contribution in [0.2, 0.25) is 5.02 Å². The van der Waals surface area contributed by atoms with Crippen molar-refractivity contribution in [3.05, 3.63) is 87.8 Å². The van der Waals surface area contributed by atoms with Gasteiger partial charge in [-0.25, -0.2) is 9.59 Å². The van der Waals surface area contributed by atoms with Crippen LogP contribution in [-0.4, -0.2) is 27.9 Å². The number of carbonyl (C=O) groups excluding carboxylic acids is 2. The second-order valence-corrected chi connectivity index (χ2v) is 7.48. The minimum absolute atomic E-state index is 0.0934. The number of rotatable bonds is 5. The van der Waals surface area contributed by atoms with Gasteiger partial charge in [-0.05, 0) is 54.4 Å². The summed E-state index contributed by atoms with van der Waals surface area (Å²) in [4.78, 5) is 37.3. The lowest BCUT2D eigenvalue weighted by atomic mass is 10.0. The zero-order valence-corrected chi connectivity index (χ0v) is 17.1. The maximum atomic E-state index is 12.7. The van der Waals surface area contributed by atoms with Gasteiger partial charge < -0.3 is 14.8 Å². The Hall–Kier alpha value is -3.84. The third kappa shape index (κ3) is 4.22. The summed E-state index contributed by atoms with van der Waals surface area (Å²) in [7, 11) is 0. The van der Waals surface area contributed by atoms with E-state index in [9.17, 15) is 19.5 Å². The van der Waals surface area contributed by atoms with Crippen LogP contribution in [0.25, 0.3) is 17.4 Å². The largest absolute Gasteiger partial charge is 0.478 e. The number of carboxylic acids is 1. The van der Waals surface area contributed by atoms with Gasteiger partial charge >= 0.3 is 12.0 Å². The fraction of sp³-hybridized carbons (Fsp3) is 0.0870. The molecule has 0 unspecified atom stereocenters. The minimum atomic E-state index is -1.03. The molecule has 31 heavy (non-hydrogen) atoms. The maximum Gasteiger partial charge on any atom is 0.335 e. The van der Waals surface area contributed by atoms with E-state index >= 15 is 0 Å². The second-order valence-electron chi connectivity index (χ2n) is 7.04. The number of carbonyl (C=O) groups is 3. The molecule has 0 atom stereocenters. The van der Waals surface area contributed by atoms with Gasteiger partial charge in [-0.15, -0.1) is 0 Å². The Morgan fingerprint density at radius 1 is 1.13 bits per heavy atom. The van der Waals surface area contributed by atoms with Crippen LogP contribution in [0.3, 0.4) is 0 Å². The molecule has 156 valence electrons. The molecule has 2 heterocycles. The molecule has 0 spiro atoms. The molecular formula is C23H17ClN2O5. The maximum absolute atomic E-state index is 12.7. The van der Waals surface area contributed by atoms with Gasteiger partial charge in [0.2, 0.25) is 0 Å². The number of nitrogens with one attached hydrogen (secondary N) is 1. The molecule has 1 fully saturated rings. The van der Waals surface area contributed by atoms with Gasteiger partial charge in [0.05, 0.1) is 12.1 Å². The first-order chi connectivity index (χ1) is 14.8. The van der Waals surface area contributed by atoms with Gasteiger partial charge in [-0.1, -0.05) is 29.8 Å². The summed E-state index contributed by atoms with van der Waals surface area (Å²) in [6.07, 6.45) is 1.45. The van der Waals surface area contributed by atoms with Gasteiger partial charge in [-0.2, -0.15) is 0 Å². The number of carboxylic acid groups (broad SMARTS) is 1. The van der Waals surface area contributed by atoms with Crippen LogP contribution in [-0.2, 0) is 11.3 Å². The van der Waals surface area contributed by atoms with E-state index < -0.39 is 17.9 Å². The van der Waals surface area contributed by atoms with Crippen LogP contribution >= 0.6 is 11.6 Å². The third-order valence-corrected chi connectivity index (χ3v) is 5.13. The fourth-order valence-corrected chi connectivity index (χ4v) is 3.35. The second kappa shape index (κ2) is 8.12. The van der Waals surface area contributed by atoms with E-state index in [1.165, 1.54) is 18.2 Å². The van der Waals surface area contributed by atoms with E-state index in [4.69, 9.17) is 16.0 Å². The molecule has 2 N–H and O–H groups in total. The Bertz CT molecular complexity index is 1230. The summed E-state index contributed by atoms with van der Waals surface area (Å²) < 4.78 is 5.79. The van der Waals surface area contributed by atoms with E-state index in [1.54, 1.807) is 42.5 Å². The van der Waals surface area contributed by atoms with E-state index in [0.29, 0.717) is 22.1 Å². The van der Waals surface area contributed by atoms with Gasteiger partial charge in [0.25, 0.3) is 5.91 Å². The molecule has 3 amide bonds. The zero-order chi connectivity index (χ0) is 22.1. The van der Waals surface area contributed by atoms with Crippen molar-refractivity contribution in [2.24, 2.45) is 0 Å². The molecule has 8 heteroatoms. The van der Waals surface area contributed by atoms with Crippen molar-refractivity contribution in [2.45, 2.75) is 13.5 Å². The van der Waals surface area contributed by atoms with Crippen LogP contribution in [0.1, 0.15) is 27.2 Å². The molecule has 7 nitrogen and oxygen atoms in total. The third-order valence-electron chi connectivity index (χ3n) is 4.88. The molecule has 1 saturated heterocycles. The van der Waals surface area contributed by atoms with Gasteiger partial charge in [0.15, 0.2) is 0 Å². The fourth-order valence-electron chi connectivity index (χ4n) is 3.23. The number of imide groups is 1. The molecule has 2 aromatic carbocycles. The van der Waals surface area contributed by atoms with Crippen molar-refractivity contribution in [2.75, 3.05) is 0 Å². The van der Waals surface area contributed by atoms with E-state index in [1.807, 2.05) is 6.92 Å². The summed E-state index contributed by atoms with van der Waals surface area (Å²) in [6.45, 7) is 1.96. The topological polar surface area (TPSA) is 99.9 Å². The number of furan rings is 1. The van der Waals surface area contributed by atoms with Crippen molar-refractivity contribution in [1.29, 1.82) is 0 Å². The molecule has 0 bridgehead atoms. The van der Waals surface area contributed by atoms with E-state index in [2.05, 4.69) is 5.32 Å². The summed E-state index contributed by atoms with van der Waals surface area (Å²) in [5, 5.41) is 12.3. The van der Waals surface area contributed by atoms with Crippen LogP contribution in [0.5, 0.6) is 0 Å². The average molecular weight is 437 g/mol. The predicted octanol–water partition coefficient (Wildman–Crippen LogP) is 4.70. The molecular weight excluding hydrogens is 420 g/mol. The molecule has 4 rings (SSSR count). The lowest BCUT2D eigenvalue weighted by Gasteiger charge is -2.11. The van der Waals surface area contributed by atoms with Crippen molar-refractivity contribution in [1.82, 2.24) is 10.2 Å². The quantitative estimate of drug-likeness (QED) is 0.446. The lowest BCUT2D eigenvalue weighted by Crippen LogP contribution is -2.30. The highest BCUT2D eigenvalue weighted by Gasteiger charge is 2.33. The number of aryl methyl sites for hydroxylation is 1. The number of aromatic carboxylic acids is 1. The Morgan fingerprint density at radius 2 is 1.87 bits per heavy atom. The van der Waals surface area contributed by atoms with E-state index in [-0.39, 0.29) is 17.8 Å². The van der Waals surface area contributed by atoms with Crippen molar-refractivity contribution >= 4 is 35.6 Å². The van der Waals surface area contributed by atoms with Gasteiger partial charge in [0.1, 0.15) is 17.2 Å². The molecule has 0 radical (unpaired) electrons. The SMILES string of the molecule is Cc1ccc(C(=O)O)cc1-c1ccc(/C=C2\NC(=O)N(Cc3ccc(Cl)cc3)C2=O)o1. The summed E-state index contributed by atoms with van der Waals surface area (Å²) >= 11 is 5.87. The Labute approximate surface area is 182 Å². The summed E-state index contributed by atoms with van der Waals surface area (Å²) in [6, 6.07) is 14.4. The number of urea groups is 1. The Morgan fingerprint density at radius 3 is 2.58 bits per heavy atom. The molecule has 1 aliphatic rings. The predicted molar refractivity (Wildman–Crippen MR) is 114 cm³/mol. The number of amides is 3.